The van der Waals surface area contributed by atoms with Gasteiger partial charge >= 0.3 is 0 Å². The molecule has 0 spiro atoms. The first-order valence-electron chi connectivity index (χ1n) is 3.38. The predicted octanol–water partition coefficient (Wildman–Crippen LogP) is 2.18. The monoisotopic (exact) mass is 107 g/mol. The third-order valence-electron chi connectivity index (χ3n) is 2.40. The Hall–Kier alpha value is -0.260. The molecule has 0 N–H and O–H groups in total. The molecule has 2 unspecified atom stereocenters. The minimum absolute atomic E-state index is 0.861. The Bertz CT molecular complexity index is 133. The molecule has 0 heterocycles. The van der Waals surface area contributed by atoms with Crippen molar-refractivity contribution >= 4 is 0 Å². The summed E-state index contributed by atoms with van der Waals surface area (Å²) < 4.78 is 0. The van der Waals surface area contributed by atoms with E-state index >= 15 is 0 Å². The quantitative estimate of drug-likeness (QED) is 0.416. The van der Waals surface area contributed by atoms with E-state index in [1.165, 1.54) is 12.8 Å². The third kappa shape index (κ3) is 0.460. The molecule has 0 heteroatoms. The second-order valence-corrected chi connectivity index (χ2v) is 2.98. The first kappa shape index (κ1) is 4.60. The SMILES string of the molecule is CC1=CC2[CH]CC1C2. The average Bonchev–Trinajstić information content (AvgIpc) is 2.23. The van der Waals surface area contributed by atoms with Crippen LogP contribution in [0.5, 0.6) is 0 Å². The zero-order valence-corrected chi connectivity index (χ0v) is 5.22. The van der Waals surface area contributed by atoms with Crippen LogP contribution in [0.4, 0.5) is 0 Å². The lowest BCUT2D eigenvalue weighted by atomic mass is 10.0. The fourth-order valence-electron chi connectivity index (χ4n) is 1.84. The molecule has 0 nitrogen and oxygen atoms in total. The highest BCUT2D eigenvalue weighted by molar-refractivity contribution is 5.21. The van der Waals surface area contributed by atoms with E-state index in [0.717, 1.165) is 11.8 Å². The normalized spacial score (nSPS) is 42.9. The van der Waals surface area contributed by atoms with E-state index in [1.54, 1.807) is 5.57 Å². The molecule has 0 amide bonds. The van der Waals surface area contributed by atoms with Crippen molar-refractivity contribution in [3.63, 3.8) is 0 Å². The summed E-state index contributed by atoms with van der Waals surface area (Å²) in [6, 6.07) is 0. The van der Waals surface area contributed by atoms with Crippen LogP contribution in [0.3, 0.4) is 0 Å². The van der Waals surface area contributed by atoms with Crippen molar-refractivity contribution in [1.29, 1.82) is 0 Å². The average molecular weight is 107 g/mol. The molecule has 8 heavy (non-hydrogen) atoms. The van der Waals surface area contributed by atoms with Crippen molar-refractivity contribution in [1.82, 2.24) is 0 Å². The van der Waals surface area contributed by atoms with E-state index in [4.69, 9.17) is 0 Å². The molecule has 0 aromatic carbocycles. The Morgan fingerprint density at radius 3 is 2.75 bits per heavy atom. The van der Waals surface area contributed by atoms with Gasteiger partial charge in [-0.1, -0.05) is 11.6 Å². The minimum Gasteiger partial charge on any atom is -0.0819 e. The van der Waals surface area contributed by atoms with E-state index < -0.39 is 0 Å². The summed E-state index contributed by atoms with van der Waals surface area (Å²) in [5.74, 6) is 1.81. The minimum atomic E-state index is 0.861. The maximum atomic E-state index is 2.44. The van der Waals surface area contributed by atoms with Gasteiger partial charge in [-0.05, 0) is 38.0 Å². The number of rotatable bonds is 0. The summed E-state index contributed by atoms with van der Waals surface area (Å²) in [6.07, 6.45) is 7.63. The molecule has 2 aliphatic rings. The standard InChI is InChI=1S/C8H11/c1-6-4-7-2-3-8(6)5-7/h2,4,7-8H,3,5H2,1H3. The van der Waals surface area contributed by atoms with Crippen LogP contribution in [-0.2, 0) is 0 Å². The lowest BCUT2D eigenvalue weighted by molar-refractivity contribution is 0.662. The highest BCUT2D eigenvalue weighted by Crippen LogP contribution is 2.42. The van der Waals surface area contributed by atoms with Gasteiger partial charge < -0.3 is 0 Å². The fourth-order valence-corrected chi connectivity index (χ4v) is 1.84. The molecule has 1 radical (unpaired) electrons. The third-order valence-corrected chi connectivity index (χ3v) is 2.40. The summed E-state index contributed by atoms with van der Waals surface area (Å²) in [6.45, 7) is 2.26. The van der Waals surface area contributed by atoms with Crippen molar-refractivity contribution in [3.05, 3.63) is 18.1 Å². The molecule has 0 aromatic rings. The molecule has 1 saturated carbocycles. The zero-order chi connectivity index (χ0) is 5.56. The Kier molecular flexibility index (Phi) is 0.787. The highest BCUT2D eigenvalue weighted by Gasteiger charge is 2.30. The molecule has 0 aromatic heterocycles. The maximum absolute atomic E-state index is 2.44. The van der Waals surface area contributed by atoms with E-state index in [0.29, 0.717) is 0 Å². The van der Waals surface area contributed by atoms with Gasteiger partial charge in [0.05, 0.1) is 0 Å². The summed E-state index contributed by atoms with van der Waals surface area (Å²) in [5, 5.41) is 0. The van der Waals surface area contributed by atoms with Crippen LogP contribution in [0, 0.1) is 18.3 Å². The van der Waals surface area contributed by atoms with Crippen molar-refractivity contribution in [2.45, 2.75) is 19.8 Å². The van der Waals surface area contributed by atoms with Crippen LogP contribution in [0.15, 0.2) is 11.6 Å². The zero-order valence-electron chi connectivity index (χ0n) is 5.22. The molecule has 2 atom stereocenters. The number of fused-ring (bicyclic) bond motifs is 2. The van der Waals surface area contributed by atoms with E-state index in [9.17, 15) is 0 Å². The van der Waals surface area contributed by atoms with Crippen molar-refractivity contribution in [2.24, 2.45) is 11.8 Å². The number of hydrogen-bond acceptors (Lipinski definition) is 0. The van der Waals surface area contributed by atoms with Gasteiger partial charge in [-0.15, -0.1) is 0 Å². The van der Waals surface area contributed by atoms with Crippen molar-refractivity contribution in [3.8, 4) is 0 Å². The largest absolute Gasteiger partial charge is 0.0819 e. The Balaban J connectivity index is 2.29. The molecular weight excluding hydrogens is 96.1 g/mol. The van der Waals surface area contributed by atoms with Crippen molar-refractivity contribution in [2.75, 3.05) is 0 Å². The molecule has 2 bridgehead atoms. The van der Waals surface area contributed by atoms with Gasteiger partial charge in [0, 0.05) is 0 Å². The Morgan fingerprint density at radius 2 is 2.50 bits per heavy atom. The van der Waals surface area contributed by atoms with E-state index in [1.807, 2.05) is 0 Å². The lowest BCUT2D eigenvalue weighted by Gasteiger charge is -2.05. The number of allylic oxidation sites excluding steroid dienone is 2. The molecule has 0 saturated heterocycles. The molecule has 2 aliphatic carbocycles. The highest BCUT2D eigenvalue weighted by atomic mass is 14.3. The maximum Gasteiger partial charge on any atom is -0.0194 e. The molecule has 0 aliphatic heterocycles. The second kappa shape index (κ2) is 1.37. The molecule has 1 fully saturated rings. The van der Waals surface area contributed by atoms with Crippen LogP contribution < -0.4 is 0 Å². The first-order chi connectivity index (χ1) is 3.86. The number of hydrogen-bond donors (Lipinski definition) is 0. The van der Waals surface area contributed by atoms with Gasteiger partial charge in [0.1, 0.15) is 0 Å². The summed E-state index contributed by atoms with van der Waals surface area (Å²) in [4.78, 5) is 0. The van der Waals surface area contributed by atoms with Crippen LogP contribution in [0.25, 0.3) is 0 Å². The van der Waals surface area contributed by atoms with Crippen LogP contribution in [0.2, 0.25) is 0 Å². The van der Waals surface area contributed by atoms with Crippen LogP contribution in [0.1, 0.15) is 19.8 Å². The smallest absolute Gasteiger partial charge is 0.0194 e. The van der Waals surface area contributed by atoms with Gasteiger partial charge in [-0.2, -0.15) is 0 Å². The van der Waals surface area contributed by atoms with Gasteiger partial charge in [-0.25, -0.2) is 0 Å². The van der Waals surface area contributed by atoms with Crippen LogP contribution in [-0.4, -0.2) is 0 Å². The lowest BCUT2D eigenvalue weighted by Crippen LogP contribution is -1.91. The second-order valence-electron chi connectivity index (χ2n) is 2.98. The first-order valence-corrected chi connectivity index (χ1v) is 3.38. The Morgan fingerprint density at radius 1 is 1.62 bits per heavy atom. The summed E-state index contributed by atoms with van der Waals surface area (Å²) >= 11 is 0. The molecular formula is C8H11. The topological polar surface area (TPSA) is 0 Å². The fraction of sp³-hybridized carbons (Fsp3) is 0.625. The van der Waals surface area contributed by atoms with E-state index in [-0.39, 0.29) is 0 Å². The van der Waals surface area contributed by atoms with Crippen molar-refractivity contribution < 1.29 is 0 Å². The van der Waals surface area contributed by atoms with E-state index in [2.05, 4.69) is 19.4 Å². The van der Waals surface area contributed by atoms with Gasteiger partial charge in [-0.3, -0.25) is 0 Å². The summed E-state index contributed by atoms with van der Waals surface area (Å²) in [5.41, 5.74) is 1.64. The predicted molar refractivity (Wildman–Crippen MR) is 34.3 cm³/mol. The van der Waals surface area contributed by atoms with Gasteiger partial charge in [0.2, 0.25) is 0 Å². The molecule has 43 valence electrons. The van der Waals surface area contributed by atoms with Gasteiger partial charge in [0.25, 0.3) is 0 Å². The Labute approximate surface area is 50.6 Å². The van der Waals surface area contributed by atoms with Gasteiger partial charge in [0.15, 0.2) is 0 Å². The molecule has 2 rings (SSSR count). The van der Waals surface area contributed by atoms with Crippen LogP contribution >= 0.6 is 0 Å². The summed E-state index contributed by atoms with van der Waals surface area (Å²) in [7, 11) is 0.